The second-order valence-electron chi connectivity index (χ2n) is 9.29. The van der Waals surface area contributed by atoms with Crippen LogP contribution < -0.4 is 9.47 Å². The van der Waals surface area contributed by atoms with Crippen LogP contribution in [0.1, 0.15) is 43.1 Å². The number of nitrogens with zero attached hydrogens (tertiary/aromatic N) is 1. The maximum Gasteiger partial charge on any atom is 0.150 e. The van der Waals surface area contributed by atoms with Gasteiger partial charge in [0.1, 0.15) is 35.8 Å². The second kappa shape index (κ2) is 9.92. The van der Waals surface area contributed by atoms with E-state index in [1.807, 2.05) is 31.2 Å². The van der Waals surface area contributed by atoms with E-state index in [2.05, 4.69) is 11.8 Å². The molecule has 0 radical (unpaired) electrons. The second-order valence-corrected chi connectivity index (χ2v) is 9.70. The lowest BCUT2D eigenvalue weighted by molar-refractivity contribution is 0.0806. The van der Waals surface area contributed by atoms with Gasteiger partial charge in [0.25, 0.3) is 0 Å². The first-order chi connectivity index (χ1) is 16.9. The molecule has 6 heteroatoms. The van der Waals surface area contributed by atoms with E-state index in [0.717, 1.165) is 53.6 Å². The molecule has 3 aromatic rings. The Hall–Kier alpha value is -3.02. The SMILES string of the molecule is CCC1CN(CCOc2ccc([C@H]3Oc4ccc(O)cc4C(C)=C3c3cc(F)ccc3Cl)cc2)C1. The number of allylic oxidation sites excluding steroid dienone is 1. The van der Waals surface area contributed by atoms with Crippen LogP contribution in [0.4, 0.5) is 4.39 Å². The summed E-state index contributed by atoms with van der Waals surface area (Å²) in [6.45, 7) is 8.08. The predicted molar refractivity (Wildman–Crippen MR) is 138 cm³/mol. The van der Waals surface area contributed by atoms with E-state index in [-0.39, 0.29) is 11.6 Å². The van der Waals surface area contributed by atoms with Crippen molar-refractivity contribution in [3.63, 3.8) is 0 Å². The molecule has 1 N–H and O–H groups in total. The average Bonchev–Trinajstić information content (AvgIpc) is 2.83. The van der Waals surface area contributed by atoms with E-state index >= 15 is 0 Å². The standard InChI is InChI=1S/C29H29ClFNO3/c1-3-19-16-32(17-19)12-13-34-23-8-4-20(5-9-23)29-28(25-14-21(31)6-10-26(25)30)18(2)24-15-22(33)7-11-27(24)35-29/h4-11,14-15,19,29,33H,3,12-13,16-17H2,1-2H3/t29-/m1/s1. The summed E-state index contributed by atoms with van der Waals surface area (Å²) in [7, 11) is 0. The summed E-state index contributed by atoms with van der Waals surface area (Å²) in [4.78, 5) is 2.41. The van der Waals surface area contributed by atoms with Crippen molar-refractivity contribution in [2.75, 3.05) is 26.2 Å². The number of fused-ring (bicyclic) bond motifs is 1. The number of benzene rings is 3. The number of likely N-dealkylation sites (tertiary alicyclic amines) is 1. The molecule has 0 saturated carbocycles. The zero-order chi connectivity index (χ0) is 24.5. The van der Waals surface area contributed by atoms with Crippen molar-refractivity contribution >= 4 is 22.7 Å². The fraction of sp³-hybridized carbons (Fsp3) is 0.310. The van der Waals surface area contributed by atoms with Crippen LogP contribution in [-0.2, 0) is 0 Å². The predicted octanol–water partition coefficient (Wildman–Crippen LogP) is 6.97. The molecular formula is C29H29ClFNO3. The van der Waals surface area contributed by atoms with Crippen LogP contribution in [0.25, 0.3) is 11.1 Å². The Balaban J connectivity index is 1.41. The number of rotatable bonds is 7. The molecule has 2 aliphatic rings. The van der Waals surface area contributed by atoms with E-state index in [4.69, 9.17) is 21.1 Å². The van der Waals surface area contributed by atoms with Gasteiger partial charge in [0, 0.05) is 41.4 Å². The van der Waals surface area contributed by atoms with Crippen molar-refractivity contribution < 1.29 is 19.0 Å². The van der Waals surface area contributed by atoms with Crippen molar-refractivity contribution in [3.8, 4) is 17.2 Å². The number of hydrogen-bond donors (Lipinski definition) is 1. The number of phenols is 1. The smallest absolute Gasteiger partial charge is 0.150 e. The summed E-state index contributed by atoms with van der Waals surface area (Å²) in [5, 5.41) is 10.5. The summed E-state index contributed by atoms with van der Waals surface area (Å²) in [5.74, 6) is 2.05. The minimum atomic E-state index is -0.493. The summed E-state index contributed by atoms with van der Waals surface area (Å²) in [6, 6.07) is 17.2. The average molecular weight is 494 g/mol. The molecule has 1 saturated heterocycles. The highest BCUT2D eigenvalue weighted by atomic mass is 35.5. The van der Waals surface area contributed by atoms with Crippen molar-refractivity contribution in [2.24, 2.45) is 5.92 Å². The summed E-state index contributed by atoms with van der Waals surface area (Å²) in [6.07, 6.45) is 0.747. The van der Waals surface area contributed by atoms with Crippen LogP contribution in [-0.4, -0.2) is 36.2 Å². The molecule has 2 aliphatic heterocycles. The Morgan fingerprint density at radius 2 is 1.83 bits per heavy atom. The molecule has 1 atom stereocenters. The monoisotopic (exact) mass is 493 g/mol. The van der Waals surface area contributed by atoms with E-state index < -0.39 is 6.10 Å². The van der Waals surface area contributed by atoms with Gasteiger partial charge in [-0.05, 0) is 72.5 Å². The maximum atomic E-state index is 14.2. The van der Waals surface area contributed by atoms with Gasteiger partial charge in [-0.2, -0.15) is 0 Å². The number of aromatic hydroxyl groups is 1. The summed E-state index contributed by atoms with van der Waals surface area (Å²) >= 11 is 6.52. The minimum Gasteiger partial charge on any atom is -0.508 e. The van der Waals surface area contributed by atoms with Crippen LogP contribution in [0.5, 0.6) is 17.2 Å². The topological polar surface area (TPSA) is 41.9 Å². The van der Waals surface area contributed by atoms with Gasteiger partial charge in [0.15, 0.2) is 0 Å². The molecule has 5 rings (SSSR count). The minimum absolute atomic E-state index is 0.139. The van der Waals surface area contributed by atoms with Gasteiger partial charge in [-0.3, -0.25) is 4.90 Å². The lowest BCUT2D eigenvalue weighted by atomic mass is 9.86. The maximum absolute atomic E-state index is 14.2. The van der Waals surface area contributed by atoms with Gasteiger partial charge < -0.3 is 14.6 Å². The lowest BCUT2D eigenvalue weighted by Gasteiger charge is -2.38. The van der Waals surface area contributed by atoms with Crippen LogP contribution in [0.2, 0.25) is 5.02 Å². The first kappa shape index (κ1) is 23.7. The molecule has 3 aromatic carbocycles. The molecular weight excluding hydrogens is 465 g/mol. The molecule has 35 heavy (non-hydrogen) atoms. The number of halogens is 2. The number of hydrogen-bond acceptors (Lipinski definition) is 4. The third-order valence-electron chi connectivity index (χ3n) is 6.97. The quantitative estimate of drug-likeness (QED) is 0.386. The third kappa shape index (κ3) is 4.89. The third-order valence-corrected chi connectivity index (χ3v) is 7.30. The van der Waals surface area contributed by atoms with Crippen LogP contribution >= 0.6 is 11.6 Å². The zero-order valence-electron chi connectivity index (χ0n) is 19.9. The molecule has 0 spiro atoms. The van der Waals surface area contributed by atoms with E-state index in [1.165, 1.54) is 18.6 Å². The normalized spacial score (nSPS) is 18.1. The molecule has 4 nitrogen and oxygen atoms in total. The van der Waals surface area contributed by atoms with Gasteiger partial charge in [-0.1, -0.05) is 37.1 Å². The van der Waals surface area contributed by atoms with Crippen LogP contribution in [0.15, 0.2) is 60.7 Å². The van der Waals surface area contributed by atoms with E-state index in [0.29, 0.717) is 22.9 Å². The molecule has 0 aliphatic carbocycles. The van der Waals surface area contributed by atoms with Crippen LogP contribution in [0, 0.1) is 11.7 Å². The first-order valence-corrected chi connectivity index (χ1v) is 12.4. The van der Waals surface area contributed by atoms with Gasteiger partial charge >= 0.3 is 0 Å². The summed E-state index contributed by atoms with van der Waals surface area (Å²) in [5.41, 5.74) is 3.87. The van der Waals surface area contributed by atoms with Crippen molar-refractivity contribution in [2.45, 2.75) is 26.4 Å². The highest BCUT2D eigenvalue weighted by Crippen LogP contribution is 2.48. The van der Waals surface area contributed by atoms with Crippen molar-refractivity contribution in [1.29, 1.82) is 0 Å². The van der Waals surface area contributed by atoms with Crippen LogP contribution in [0.3, 0.4) is 0 Å². The van der Waals surface area contributed by atoms with Gasteiger partial charge in [0.2, 0.25) is 0 Å². The molecule has 0 bridgehead atoms. The van der Waals surface area contributed by atoms with E-state index in [1.54, 1.807) is 24.3 Å². The molecule has 0 amide bonds. The van der Waals surface area contributed by atoms with E-state index in [9.17, 15) is 9.50 Å². The van der Waals surface area contributed by atoms with Gasteiger partial charge in [-0.15, -0.1) is 0 Å². The fourth-order valence-electron chi connectivity index (χ4n) is 4.87. The van der Waals surface area contributed by atoms with Crippen molar-refractivity contribution in [3.05, 3.63) is 88.2 Å². The Morgan fingerprint density at radius 3 is 2.57 bits per heavy atom. The Kier molecular flexibility index (Phi) is 6.72. The first-order valence-electron chi connectivity index (χ1n) is 12.0. The Morgan fingerprint density at radius 1 is 1.06 bits per heavy atom. The molecule has 2 heterocycles. The molecule has 0 unspecified atom stereocenters. The Bertz CT molecular complexity index is 1250. The molecule has 0 aromatic heterocycles. The fourth-order valence-corrected chi connectivity index (χ4v) is 5.09. The van der Waals surface area contributed by atoms with Gasteiger partial charge in [0.05, 0.1) is 0 Å². The molecule has 182 valence electrons. The highest BCUT2D eigenvalue weighted by Gasteiger charge is 2.31. The number of ether oxygens (including phenoxy) is 2. The Labute approximate surface area is 210 Å². The zero-order valence-corrected chi connectivity index (χ0v) is 20.7. The molecule has 1 fully saturated rings. The van der Waals surface area contributed by atoms with Crippen molar-refractivity contribution in [1.82, 2.24) is 4.90 Å². The largest absolute Gasteiger partial charge is 0.508 e. The van der Waals surface area contributed by atoms with Gasteiger partial charge in [-0.25, -0.2) is 4.39 Å². The summed E-state index contributed by atoms with van der Waals surface area (Å²) < 4.78 is 26.6. The lowest BCUT2D eigenvalue weighted by Crippen LogP contribution is -2.47. The number of phenolic OH excluding ortho intramolecular Hbond substituents is 1. The highest BCUT2D eigenvalue weighted by molar-refractivity contribution is 6.32.